The van der Waals surface area contributed by atoms with Crippen molar-refractivity contribution in [3.8, 4) is 0 Å². The van der Waals surface area contributed by atoms with Gasteiger partial charge in [-0.3, -0.25) is 14.4 Å². The molecule has 4 aliphatic heterocycles. The van der Waals surface area contributed by atoms with E-state index in [1.54, 1.807) is 66.6 Å². The molecule has 0 radical (unpaired) electrons. The van der Waals surface area contributed by atoms with Gasteiger partial charge in [-0.15, -0.1) is 0 Å². The minimum atomic E-state index is -1.50. The Morgan fingerprint density at radius 2 is 1.55 bits per heavy atom. The number of esters is 2. The van der Waals surface area contributed by atoms with E-state index < -0.39 is 146 Å². The lowest BCUT2D eigenvalue weighted by Crippen LogP contribution is -2.65. The van der Waals surface area contributed by atoms with E-state index >= 15 is 0 Å². The first-order valence-electron chi connectivity index (χ1n) is 23.6. The summed E-state index contributed by atoms with van der Waals surface area (Å²) in [6, 6.07) is -0.777. The molecule has 67 heavy (non-hydrogen) atoms. The Bertz CT molecular complexity index is 1670. The lowest BCUT2D eigenvalue weighted by Gasteiger charge is -2.50. The standard InChI is InChI=1S/C48H79NO18/c1-14-35-32(23-60-47-44(59-13)43(58-12)39(55)27(5)62-47)19-24(2)15-16-33(52)25(3)20-31(17-18-50)41(26(4)34(53)21-36(54)65-35)67-46-40(56)38(49(10)11)42(28(6)63-46)66-37-22-48(9,57)45(29(7)61-37)64-30(8)51/h15-16,18-19,25-29,31-32,34-35,37-47,53,55-57H,14,17,20-23H2,1-13H3/b16-15+,24-19+/t25-,26+,27-,28-,29+,31+,32-,34-,35-,37+,38-,39-,40-,41-,42-,43-,44-,45+,46+,47-,48-/m1/s1. The topological polar surface area (TPSA) is 245 Å². The zero-order valence-corrected chi connectivity index (χ0v) is 41.6. The number of methoxy groups -OCH3 is 2. The molecule has 4 heterocycles. The van der Waals surface area contributed by atoms with Gasteiger partial charge in [-0.25, -0.2) is 0 Å². The molecule has 0 bridgehead atoms. The summed E-state index contributed by atoms with van der Waals surface area (Å²) in [6.45, 7) is 14.9. The second-order valence-electron chi connectivity index (χ2n) is 19.3. The normalized spacial score (nSPS) is 44.3. The highest BCUT2D eigenvalue weighted by atomic mass is 16.7. The maximum Gasteiger partial charge on any atom is 0.308 e. The van der Waals surface area contributed by atoms with Crippen LogP contribution in [0.25, 0.3) is 0 Å². The first-order chi connectivity index (χ1) is 31.5. The summed E-state index contributed by atoms with van der Waals surface area (Å²) in [5, 5.41) is 45.9. The van der Waals surface area contributed by atoms with Gasteiger partial charge < -0.3 is 77.5 Å². The molecule has 3 fully saturated rings. The SMILES string of the molecule is CC[C@H]1OC(=O)C[C@@H](O)[C@H](C)[C@@H](O[C@@H]2O[C@H](C)[C@@H](O[C@H]3C[C@@](C)(O)[C@@H](OC(C)=O)[C@H](C)O3)[C@H](N(C)C)[C@H]2O)[C@@H](CC=O)C[C@@H](C)C(=O)/C=C/C(C)=C/[C@@H]1CO[C@@H]1O[C@H](C)[C@@H](O)[C@@H](OC)[C@H]1OC. The summed E-state index contributed by atoms with van der Waals surface area (Å²) >= 11 is 0. The third-order valence-corrected chi connectivity index (χ3v) is 13.7. The van der Waals surface area contributed by atoms with Crippen molar-refractivity contribution in [3.05, 3.63) is 23.8 Å². The van der Waals surface area contributed by atoms with Crippen molar-refractivity contribution in [2.24, 2.45) is 23.7 Å². The number of carbonyl (C=O) groups excluding carboxylic acids is 4. The Labute approximate surface area is 395 Å². The minimum Gasteiger partial charge on any atom is -0.462 e. The van der Waals surface area contributed by atoms with Gasteiger partial charge in [0.25, 0.3) is 0 Å². The zero-order chi connectivity index (χ0) is 50.1. The van der Waals surface area contributed by atoms with E-state index in [-0.39, 0.29) is 31.7 Å². The van der Waals surface area contributed by atoms with Crippen LogP contribution >= 0.6 is 0 Å². The molecule has 0 aromatic rings. The number of allylic oxidation sites excluding steroid dienone is 3. The number of hydrogen-bond acceptors (Lipinski definition) is 19. The number of aliphatic hydroxyl groups excluding tert-OH is 3. The molecule has 0 aromatic carbocycles. The Hall–Kier alpha value is -2.76. The smallest absolute Gasteiger partial charge is 0.308 e. The molecule has 19 heteroatoms. The number of aliphatic hydroxyl groups is 4. The number of cyclic esters (lactones) is 1. The van der Waals surface area contributed by atoms with Crippen LogP contribution in [0, 0.1) is 23.7 Å². The van der Waals surface area contributed by atoms with Crippen molar-refractivity contribution in [1.29, 1.82) is 0 Å². The van der Waals surface area contributed by atoms with Gasteiger partial charge in [0.15, 0.2) is 30.8 Å². The average molecular weight is 958 g/mol. The second-order valence-corrected chi connectivity index (χ2v) is 19.3. The van der Waals surface area contributed by atoms with Crippen molar-refractivity contribution < 1.29 is 87.0 Å². The van der Waals surface area contributed by atoms with Crippen LogP contribution in [0.1, 0.15) is 94.4 Å². The number of ether oxygens (including phenoxy) is 10. The Morgan fingerprint density at radius 1 is 0.896 bits per heavy atom. The lowest BCUT2D eigenvalue weighted by atomic mass is 9.79. The third-order valence-electron chi connectivity index (χ3n) is 13.7. The molecule has 3 saturated heterocycles. The quantitative estimate of drug-likeness (QED) is 0.144. The molecule has 0 aromatic heterocycles. The monoisotopic (exact) mass is 958 g/mol. The summed E-state index contributed by atoms with van der Waals surface area (Å²) in [5.74, 6) is -4.22. The van der Waals surface area contributed by atoms with E-state index in [4.69, 9.17) is 47.4 Å². The van der Waals surface area contributed by atoms with Crippen LogP contribution in [-0.4, -0.2) is 188 Å². The number of ketones is 1. The van der Waals surface area contributed by atoms with Crippen LogP contribution in [0.3, 0.4) is 0 Å². The van der Waals surface area contributed by atoms with E-state index in [1.165, 1.54) is 34.1 Å². The van der Waals surface area contributed by atoms with Gasteiger partial charge in [0.05, 0.1) is 49.6 Å². The van der Waals surface area contributed by atoms with E-state index in [2.05, 4.69) is 0 Å². The predicted molar refractivity (Wildman–Crippen MR) is 240 cm³/mol. The summed E-state index contributed by atoms with van der Waals surface area (Å²) in [4.78, 5) is 53.4. The van der Waals surface area contributed by atoms with Crippen LogP contribution in [0.2, 0.25) is 0 Å². The lowest BCUT2D eigenvalue weighted by molar-refractivity contribution is -0.342. The van der Waals surface area contributed by atoms with Crippen LogP contribution in [0.4, 0.5) is 0 Å². The Kier molecular flexibility index (Phi) is 21.5. The number of rotatable bonds is 14. The van der Waals surface area contributed by atoms with Gasteiger partial charge in [-0.05, 0) is 73.5 Å². The fourth-order valence-electron chi connectivity index (χ4n) is 9.90. The highest BCUT2D eigenvalue weighted by Gasteiger charge is 2.52. The molecule has 0 saturated carbocycles. The molecule has 0 spiro atoms. The van der Waals surface area contributed by atoms with Crippen LogP contribution in [0.15, 0.2) is 23.8 Å². The van der Waals surface area contributed by atoms with E-state index in [1.807, 2.05) is 13.0 Å². The maximum absolute atomic E-state index is 13.8. The zero-order valence-electron chi connectivity index (χ0n) is 41.6. The molecule has 384 valence electrons. The molecule has 0 amide bonds. The number of carbonyl (C=O) groups is 4. The van der Waals surface area contributed by atoms with E-state index in [0.29, 0.717) is 18.3 Å². The number of aldehydes is 1. The minimum absolute atomic E-state index is 0.0144. The molecule has 19 nitrogen and oxygen atoms in total. The molecule has 21 atom stereocenters. The van der Waals surface area contributed by atoms with Crippen LogP contribution in [0.5, 0.6) is 0 Å². The van der Waals surface area contributed by atoms with Gasteiger partial charge in [-0.1, -0.05) is 38.5 Å². The van der Waals surface area contributed by atoms with Gasteiger partial charge in [0.2, 0.25) is 0 Å². The first kappa shape index (κ1) is 56.8. The molecule has 4 rings (SSSR count). The third kappa shape index (κ3) is 14.6. The molecule has 4 N–H and O–H groups in total. The summed E-state index contributed by atoms with van der Waals surface area (Å²) in [6.07, 6.45) is -8.58. The summed E-state index contributed by atoms with van der Waals surface area (Å²) < 4.78 is 60.4. The highest BCUT2D eigenvalue weighted by molar-refractivity contribution is 5.91. The number of likely N-dealkylation sites (N-methyl/N-ethyl adjacent to an activating group) is 1. The van der Waals surface area contributed by atoms with Crippen molar-refractivity contribution in [2.75, 3.05) is 34.9 Å². The number of hydrogen-bond donors (Lipinski definition) is 4. The Morgan fingerprint density at radius 3 is 2.13 bits per heavy atom. The van der Waals surface area contributed by atoms with Gasteiger partial charge in [0.1, 0.15) is 48.5 Å². The summed E-state index contributed by atoms with van der Waals surface area (Å²) in [7, 11) is 6.41. The van der Waals surface area contributed by atoms with E-state index in [9.17, 15) is 39.6 Å². The number of nitrogens with zero attached hydrogens (tertiary/aromatic N) is 1. The average Bonchev–Trinajstić information content (AvgIpc) is 3.25. The fraction of sp³-hybridized carbons (Fsp3) is 0.833. The van der Waals surface area contributed by atoms with E-state index in [0.717, 1.165) is 0 Å². The summed E-state index contributed by atoms with van der Waals surface area (Å²) in [5.41, 5.74) is -0.820. The molecule has 0 unspecified atom stereocenters. The highest BCUT2D eigenvalue weighted by Crippen LogP contribution is 2.38. The van der Waals surface area contributed by atoms with Gasteiger partial charge in [-0.2, -0.15) is 0 Å². The van der Waals surface area contributed by atoms with Crippen molar-refractivity contribution in [1.82, 2.24) is 4.90 Å². The predicted octanol–water partition coefficient (Wildman–Crippen LogP) is 2.40. The second kappa shape index (κ2) is 25.4. The molecule has 0 aliphatic carbocycles. The van der Waals surface area contributed by atoms with Gasteiger partial charge in [0, 0.05) is 51.7 Å². The van der Waals surface area contributed by atoms with Crippen molar-refractivity contribution in [3.63, 3.8) is 0 Å². The van der Waals surface area contributed by atoms with Crippen LogP contribution in [-0.2, 0) is 66.5 Å². The Balaban J connectivity index is 1.61. The molecular weight excluding hydrogens is 879 g/mol. The molecule has 4 aliphatic rings. The maximum atomic E-state index is 13.8. The van der Waals surface area contributed by atoms with Crippen molar-refractivity contribution >= 4 is 24.0 Å². The fourth-order valence-corrected chi connectivity index (χ4v) is 9.90. The molecular formula is C48H79NO18. The largest absolute Gasteiger partial charge is 0.462 e. The van der Waals surface area contributed by atoms with Crippen molar-refractivity contribution in [2.45, 2.75) is 198 Å². The van der Waals surface area contributed by atoms with Crippen LogP contribution < -0.4 is 0 Å². The first-order valence-corrected chi connectivity index (χ1v) is 23.6. The van der Waals surface area contributed by atoms with Gasteiger partial charge >= 0.3 is 11.9 Å².